The molecule has 2 aromatic rings. The molecule has 0 fully saturated rings. The summed E-state index contributed by atoms with van der Waals surface area (Å²) < 4.78 is 24.4. The summed E-state index contributed by atoms with van der Waals surface area (Å²) in [6, 6.07) is 8.36. The molecule has 21 heavy (non-hydrogen) atoms. The van der Waals surface area contributed by atoms with Crippen LogP contribution in [0, 0.1) is 15.9 Å². The second-order valence-corrected chi connectivity index (χ2v) is 4.98. The van der Waals surface area contributed by atoms with Gasteiger partial charge in [-0.05, 0) is 39.7 Å². The molecule has 0 N–H and O–H groups in total. The van der Waals surface area contributed by atoms with Gasteiger partial charge in [0.05, 0.1) is 16.5 Å². The van der Waals surface area contributed by atoms with Gasteiger partial charge in [0.25, 0.3) is 0 Å². The molecule has 7 heteroatoms. The first-order valence-electron chi connectivity index (χ1n) is 5.90. The minimum atomic E-state index is -0.612. The summed E-state index contributed by atoms with van der Waals surface area (Å²) in [5, 5.41) is 10.9. The van der Waals surface area contributed by atoms with Crippen LogP contribution in [0.15, 0.2) is 40.9 Å². The highest BCUT2D eigenvalue weighted by Crippen LogP contribution is 2.29. The molecule has 110 valence electrons. The van der Waals surface area contributed by atoms with E-state index in [1.54, 1.807) is 25.3 Å². The number of halogens is 2. The lowest BCUT2D eigenvalue weighted by Gasteiger charge is -2.09. The third-order valence-electron chi connectivity index (χ3n) is 2.73. The molecule has 0 amide bonds. The topological polar surface area (TPSA) is 61.6 Å². The van der Waals surface area contributed by atoms with Gasteiger partial charge in [-0.15, -0.1) is 0 Å². The predicted molar refractivity (Wildman–Crippen MR) is 78.1 cm³/mol. The van der Waals surface area contributed by atoms with Crippen LogP contribution in [0.2, 0.25) is 0 Å². The smallest absolute Gasteiger partial charge is 0.311 e. The van der Waals surface area contributed by atoms with E-state index in [9.17, 15) is 14.5 Å². The molecule has 0 unspecified atom stereocenters. The maximum atomic E-state index is 13.2. The molecule has 0 aliphatic rings. The van der Waals surface area contributed by atoms with Crippen molar-refractivity contribution in [2.45, 2.75) is 6.61 Å². The molecule has 0 aliphatic carbocycles. The van der Waals surface area contributed by atoms with Gasteiger partial charge in [0, 0.05) is 12.1 Å². The Morgan fingerprint density at radius 3 is 2.62 bits per heavy atom. The molecule has 0 saturated heterocycles. The first kappa shape index (κ1) is 15.2. The predicted octanol–water partition coefficient (Wildman–Crippen LogP) is 4.08. The van der Waals surface area contributed by atoms with Crippen molar-refractivity contribution >= 4 is 21.6 Å². The lowest BCUT2D eigenvalue weighted by molar-refractivity contribution is -0.386. The summed E-state index contributed by atoms with van der Waals surface area (Å²) in [5.41, 5.74) is 0.491. The van der Waals surface area contributed by atoms with Crippen molar-refractivity contribution in [1.29, 1.82) is 0 Å². The molecule has 5 nitrogen and oxygen atoms in total. The van der Waals surface area contributed by atoms with E-state index >= 15 is 0 Å². The van der Waals surface area contributed by atoms with Crippen molar-refractivity contribution in [2.24, 2.45) is 0 Å². The van der Waals surface area contributed by atoms with E-state index in [1.807, 2.05) is 0 Å². The number of nitro benzene ring substituents is 1. The average Bonchev–Trinajstić information content (AvgIpc) is 2.45. The van der Waals surface area contributed by atoms with Crippen LogP contribution in [-0.4, -0.2) is 12.0 Å². The Bertz CT molecular complexity index is 678. The second-order valence-electron chi connectivity index (χ2n) is 4.13. The lowest BCUT2D eigenvalue weighted by Crippen LogP contribution is -2.00. The van der Waals surface area contributed by atoms with Crippen LogP contribution < -0.4 is 9.47 Å². The molecule has 2 aromatic carbocycles. The van der Waals surface area contributed by atoms with E-state index in [2.05, 4.69) is 15.9 Å². The van der Waals surface area contributed by atoms with Gasteiger partial charge in [-0.25, -0.2) is 4.39 Å². The Hall–Kier alpha value is -2.15. The summed E-state index contributed by atoms with van der Waals surface area (Å²) in [4.78, 5) is 10.2. The van der Waals surface area contributed by atoms with Crippen molar-refractivity contribution in [3.8, 4) is 11.5 Å². The van der Waals surface area contributed by atoms with Crippen LogP contribution in [-0.2, 0) is 6.61 Å². The van der Waals surface area contributed by atoms with Crippen LogP contribution in [0.4, 0.5) is 10.1 Å². The Morgan fingerprint density at radius 1 is 1.24 bits per heavy atom. The number of nitrogens with zero attached hydrogens (tertiary/aromatic N) is 1. The molecule has 0 radical (unpaired) electrons. The Labute approximate surface area is 128 Å². The summed E-state index contributed by atoms with van der Waals surface area (Å²) >= 11 is 3.33. The first-order chi connectivity index (χ1) is 10.0. The Balaban J connectivity index is 2.18. The number of rotatable bonds is 5. The maximum Gasteiger partial charge on any atom is 0.311 e. The van der Waals surface area contributed by atoms with Gasteiger partial charge in [-0.1, -0.05) is 6.07 Å². The Morgan fingerprint density at radius 2 is 2.00 bits per heavy atom. The molecule has 0 aliphatic heterocycles. The second kappa shape index (κ2) is 6.53. The van der Waals surface area contributed by atoms with E-state index < -0.39 is 10.7 Å². The summed E-state index contributed by atoms with van der Waals surface area (Å²) in [6.45, 7) is 0.0763. The van der Waals surface area contributed by atoms with Gasteiger partial charge in [-0.3, -0.25) is 10.1 Å². The zero-order valence-electron chi connectivity index (χ0n) is 11.0. The van der Waals surface area contributed by atoms with E-state index in [-0.39, 0.29) is 18.0 Å². The number of benzene rings is 2. The number of hydrogen-bond acceptors (Lipinski definition) is 4. The number of methoxy groups -OCH3 is 1. The molecular formula is C14H11BrFNO4. The average molecular weight is 356 g/mol. The van der Waals surface area contributed by atoms with E-state index in [0.29, 0.717) is 5.75 Å². The van der Waals surface area contributed by atoms with E-state index in [1.165, 1.54) is 0 Å². The molecular weight excluding hydrogens is 345 g/mol. The largest absolute Gasteiger partial charge is 0.496 e. The molecule has 2 rings (SSSR count). The van der Waals surface area contributed by atoms with Crippen molar-refractivity contribution in [2.75, 3.05) is 7.11 Å². The van der Waals surface area contributed by atoms with Gasteiger partial charge in [0.1, 0.15) is 18.2 Å². The zero-order chi connectivity index (χ0) is 15.4. The van der Waals surface area contributed by atoms with Crippen LogP contribution in [0.3, 0.4) is 0 Å². The van der Waals surface area contributed by atoms with Gasteiger partial charge < -0.3 is 9.47 Å². The monoisotopic (exact) mass is 355 g/mol. The van der Waals surface area contributed by atoms with Crippen molar-refractivity contribution in [3.63, 3.8) is 0 Å². The van der Waals surface area contributed by atoms with Crippen LogP contribution >= 0.6 is 15.9 Å². The van der Waals surface area contributed by atoms with Crippen LogP contribution in [0.25, 0.3) is 0 Å². The summed E-state index contributed by atoms with van der Waals surface area (Å²) in [7, 11) is 1.55. The normalized spacial score (nSPS) is 10.2. The molecule has 0 aromatic heterocycles. The summed E-state index contributed by atoms with van der Waals surface area (Å²) in [6.07, 6.45) is 0. The van der Waals surface area contributed by atoms with Crippen molar-refractivity contribution in [1.82, 2.24) is 0 Å². The van der Waals surface area contributed by atoms with Gasteiger partial charge in [-0.2, -0.15) is 0 Å². The standard InChI is InChI=1S/C14H11BrFNO4/c1-20-13-5-2-9(6-11(13)15)8-21-14-7-10(16)3-4-12(14)17(18)19/h2-7H,8H2,1H3. The quantitative estimate of drug-likeness (QED) is 0.598. The van der Waals surface area contributed by atoms with Gasteiger partial charge in [0.15, 0.2) is 5.75 Å². The summed E-state index contributed by atoms with van der Waals surface area (Å²) in [5.74, 6) is -0.0334. The highest BCUT2D eigenvalue weighted by molar-refractivity contribution is 9.10. The van der Waals surface area contributed by atoms with E-state index in [0.717, 1.165) is 28.2 Å². The minimum Gasteiger partial charge on any atom is -0.496 e. The number of ether oxygens (including phenoxy) is 2. The minimum absolute atomic E-state index is 0.0763. The van der Waals surface area contributed by atoms with Gasteiger partial charge in [0.2, 0.25) is 0 Å². The molecule has 0 spiro atoms. The SMILES string of the molecule is COc1ccc(COc2cc(F)ccc2[N+](=O)[O-])cc1Br. The highest BCUT2D eigenvalue weighted by atomic mass is 79.9. The fourth-order valence-corrected chi connectivity index (χ4v) is 2.30. The van der Waals surface area contributed by atoms with Crippen LogP contribution in [0.5, 0.6) is 11.5 Å². The number of hydrogen-bond donors (Lipinski definition) is 0. The van der Waals surface area contributed by atoms with Gasteiger partial charge >= 0.3 is 5.69 Å². The van der Waals surface area contributed by atoms with Crippen molar-refractivity contribution in [3.05, 3.63) is 62.4 Å². The molecule has 0 heterocycles. The number of nitro groups is 1. The Kier molecular flexibility index (Phi) is 4.74. The fourth-order valence-electron chi connectivity index (χ4n) is 1.72. The molecule has 0 atom stereocenters. The highest BCUT2D eigenvalue weighted by Gasteiger charge is 2.16. The molecule has 0 bridgehead atoms. The molecule has 0 saturated carbocycles. The third kappa shape index (κ3) is 3.69. The van der Waals surface area contributed by atoms with E-state index in [4.69, 9.17) is 9.47 Å². The first-order valence-corrected chi connectivity index (χ1v) is 6.69. The van der Waals surface area contributed by atoms with Crippen LogP contribution in [0.1, 0.15) is 5.56 Å². The third-order valence-corrected chi connectivity index (χ3v) is 3.35. The lowest BCUT2D eigenvalue weighted by atomic mass is 10.2. The van der Waals surface area contributed by atoms with Crippen molar-refractivity contribution < 1.29 is 18.8 Å². The zero-order valence-corrected chi connectivity index (χ0v) is 12.6. The maximum absolute atomic E-state index is 13.2. The fraction of sp³-hybridized carbons (Fsp3) is 0.143.